The summed E-state index contributed by atoms with van der Waals surface area (Å²) in [6, 6.07) is 5.98. The van der Waals surface area contributed by atoms with Crippen molar-refractivity contribution < 1.29 is 56.2 Å². The summed E-state index contributed by atoms with van der Waals surface area (Å²) in [5.74, 6) is -3.95. The van der Waals surface area contributed by atoms with Crippen LogP contribution < -0.4 is 0 Å². The number of nitrogens with zero attached hydrogens (tertiary/aromatic N) is 6. The van der Waals surface area contributed by atoms with Crippen molar-refractivity contribution in [1.82, 2.24) is 0 Å². The molecule has 0 radical (unpaired) electrons. The van der Waals surface area contributed by atoms with Gasteiger partial charge in [0.25, 0.3) is 31.6 Å². The highest BCUT2D eigenvalue weighted by Crippen LogP contribution is 2.50. The van der Waals surface area contributed by atoms with Crippen LogP contribution in [0.25, 0.3) is 10.8 Å². The Morgan fingerprint density at radius 1 is 0.591 bits per heavy atom. The van der Waals surface area contributed by atoms with Crippen LogP contribution in [0.1, 0.15) is 0 Å². The number of non-ortho nitro benzene ring substituents is 2. The molecule has 0 aliphatic rings. The second-order valence-electron chi connectivity index (χ2n) is 8.45. The van der Waals surface area contributed by atoms with E-state index in [-0.39, 0.29) is 0 Å². The van der Waals surface area contributed by atoms with Crippen LogP contribution in [0.5, 0.6) is 23.0 Å². The fraction of sp³-hybridized carbons (Fsp3) is 0. The topological polar surface area (TPSA) is 325 Å². The zero-order valence-corrected chi connectivity index (χ0v) is 22.7. The van der Waals surface area contributed by atoms with Gasteiger partial charge in [-0.25, -0.2) is 0 Å². The van der Waals surface area contributed by atoms with Gasteiger partial charge in [-0.15, -0.1) is 20.5 Å². The number of hydrogen-bond donors (Lipinski definition) is 6. The van der Waals surface area contributed by atoms with Crippen molar-refractivity contribution in [2.24, 2.45) is 20.5 Å². The molecular formula is C22H14N6O14S2. The van der Waals surface area contributed by atoms with Crippen molar-refractivity contribution in [3.63, 3.8) is 0 Å². The molecule has 4 aromatic carbocycles. The summed E-state index contributed by atoms with van der Waals surface area (Å²) in [7, 11) is -10.6. The van der Waals surface area contributed by atoms with Crippen LogP contribution in [0, 0.1) is 20.2 Å². The molecule has 0 heterocycles. The fourth-order valence-electron chi connectivity index (χ4n) is 3.67. The Morgan fingerprint density at radius 2 is 0.955 bits per heavy atom. The molecule has 44 heavy (non-hydrogen) atoms. The molecule has 0 aromatic heterocycles. The predicted octanol–water partition coefficient (Wildman–Crippen LogP) is 4.80. The lowest BCUT2D eigenvalue weighted by atomic mass is 10.1. The number of benzene rings is 4. The Morgan fingerprint density at radius 3 is 1.27 bits per heavy atom. The number of hydrogen-bond acceptors (Lipinski definition) is 16. The standard InChI is InChI=1S/C22H14N6O14S2/c29-14-3-1-10(27(33)34)7-12(14)23-25-19-16(43(37,38)39)5-9-6-17(44(40,41)42)20(22(32)18(9)21(19)31)26-24-13-8-11(28(35)36)2-4-15(13)30/h1-8,29-32H,(H,37,38,39)(H,40,41,42). The summed E-state index contributed by atoms with van der Waals surface area (Å²) in [6.45, 7) is 0. The molecule has 0 spiro atoms. The molecule has 0 aliphatic heterocycles. The molecule has 0 fully saturated rings. The maximum absolute atomic E-state index is 12.1. The van der Waals surface area contributed by atoms with E-state index < -0.39 is 108 Å². The van der Waals surface area contributed by atoms with E-state index in [4.69, 9.17) is 0 Å². The average molecular weight is 651 g/mol. The molecule has 4 rings (SSSR count). The number of rotatable bonds is 8. The van der Waals surface area contributed by atoms with Gasteiger partial charge in [0.1, 0.15) is 44.0 Å². The summed E-state index contributed by atoms with van der Waals surface area (Å²) < 4.78 is 68.1. The second-order valence-corrected chi connectivity index (χ2v) is 11.2. The van der Waals surface area contributed by atoms with E-state index >= 15 is 0 Å². The molecule has 0 saturated carbocycles. The third-order valence-electron chi connectivity index (χ3n) is 5.66. The zero-order valence-electron chi connectivity index (χ0n) is 21.1. The van der Waals surface area contributed by atoms with E-state index in [1.54, 1.807) is 0 Å². The Bertz CT molecular complexity index is 2030. The highest BCUT2D eigenvalue weighted by Gasteiger charge is 2.29. The Hall–Kier alpha value is -5.84. The lowest BCUT2D eigenvalue weighted by Crippen LogP contribution is -2.01. The van der Waals surface area contributed by atoms with Gasteiger partial charge in [0, 0.05) is 24.3 Å². The van der Waals surface area contributed by atoms with Crippen molar-refractivity contribution in [2.45, 2.75) is 9.79 Å². The second kappa shape index (κ2) is 11.1. The molecule has 0 unspecified atom stereocenters. The van der Waals surface area contributed by atoms with Crippen molar-refractivity contribution in [2.75, 3.05) is 0 Å². The van der Waals surface area contributed by atoms with E-state index in [2.05, 4.69) is 20.5 Å². The quantitative estimate of drug-likeness (QED) is 0.0645. The van der Waals surface area contributed by atoms with Gasteiger partial charge < -0.3 is 20.4 Å². The molecule has 4 aromatic rings. The Balaban J connectivity index is 2.03. The maximum Gasteiger partial charge on any atom is 0.296 e. The van der Waals surface area contributed by atoms with Gasteiger partial charge in [-0.3, -0.25) is 29.3 Å². The lowest BCUT2D eigenvalue weighted by molar-refractivity contribution is -0.385. The SMILES string of the molecule is O=[N+]([O-])c1ccc(O)c(N=Nc2c(S(=O)(=O)O)cc3cc(S(=O)(=O)O)c(N=Nc4cc([N+](=O)[O-])ccc4O)c(O)c3c2O)c1. The van der Waals surface area contributed by atoms with Gasteiger partial charge in [-0.2, -0.15) is 16.8 Å². The van der Waals surface area contributed by atoms with Crippen LogP contribution in [0.4, 0.5) is 34.1 Å². The molecule has 20 nitrogen and oxygen atoms in total. The first kappa shape index (κ1) is 31.1. The fourth-order valence-corrected chi connectivity index (χ4v) is 4.98. The van der Waals surface area contributed by atoms with Crippen molar-refractivity contribution in [1.29, 1.82) is 0 Å². The van der Waals surface area contributed by atoms with Crippen LogP contribution in [0.2, 0.25) is 0 Å². The third kappa shape index (κ3) is 6.02. The van der Waals surface area contributed by atoms with Crippen molar-refractivity contribution in [3.8, 4) is 23.0 Å². The van der Waals surface area contributed by atoms with Crippen LogP contribution in [0.15, 0.2) is 78.8 Å². The minimum atomic E-state index is -5.32. The minimum absolute atomic E-state index is 0.508. The van der Waals surface area contributed by atoms with Gasteiger partial charge in [-0.05, 0) is 29.7 Å². The molecule has 0 amide bonds. The monoisotopic (exact) mass is 650 g/mol. The zero-order chi connectivity index (χ0) is 32.7. The molecule has 0 bridgehead atoms. The summed E-state index contributed by atoms with van der Waals surface area (Å²) in [4.78, 5) is 17.9. The van der Waals surface area contributed by atoms with Crippen LogP contribution >= 0.6 is 0 Å². The first-order valence-corrected chi connectivity index (χ1v) is 14.1. The van der Waals surface area contributed by atoms with Crippen LogP contribution in [-0.4, -0.2) is 56.2 Å². The van der Waals surface area contributed by atoms with Gasteiger partial charge >= 0.3 is 0 Å². The normalized spacial score (nSPS) is 12.3. The van der Waals surface area contributed by atoms with E-state index in [0.29, 0.717) is 12.1 Å². The van der Waals surface area contributed by atoms with Crippen molar-refractivity contribution >= 4 is 65.1 Å². The largest absolute Gasteiger partial charge is 0.506 e. The first-order chi connectivity index (χ1) is 20.4. The summed E-state index contributed by atoms with van der Waals surface area (Å²) in [5.41, 5.74) is -4.57. The average Bonchev–Trinajstić information content (AvgIpc) is 2.91. The highest BCUT2D eigenvalue weighted by atomic mass is 32.2. The summed E-state index contributed by atoms with van der Waals surface area (Å²) in [5, 5.41) is 76.3. The van der Waals surface area contributed by atoms with Gasteiger partial charge in [-0.1, -0.05) is 0 Å². The number of azo groups is 2. The number of phenols is 4. The number of nitro benzene ring substituents is 2. The summed E-state index contributed by atoms with van der Waals surface area (Å²) in [6.07, 6.45) is 0. The van der Waals surface area contributed by atoms with Crippen molar-refractivity contribution in [3.05, 3.63) is 68.8 Å². The van der Waals surface area contributed by atoms with E-state index in [9.17, 15) is 66.6 Å². The third-order valence-corrected chi connectivity index (χ3v) is 7.40. The minimum Gasteiger partial charge on any atom is -0.506 e. The number of nitro groups is 2. The van der Waals surface area contributed by atoms with Gasteiger partial charge in [0.15, 0.2) is 11.5 Å². The molecule has 22 heteroatoms. The highest BCUT2D eigenvalue weighted by molar-refractivity contribution is 7.86. The smallest absolute Gasteiger partial charge is 0.296 e. The van der Waals surface area contributed by atoms with E-state index in [0.717, 1.165) is 36.4 Å². The van der Waals surface area contributed by atoms with Gasteiger partial charge in [0.05, 0.1) is 15.2 Å². The maximum atomic E-state index is 12.1. The molecular weight excluding hydrogens is 636 g/mol. The lowest BCUT2D eigenvalue weighted by Gasteiger charge is -2.13. The van der Waals surface area contributed by atoms with E-state index in [1.165, 1.54) is 0 Å². The molecule has 6 N–H and O–H groups in total. The number of aromatic hydroxyl groups is 4. The molecule has 0 atom stereocenters. The molecule has 0 aliphatic carbocycles. The van der Waals surface area contributed by atoms with Crippen LogP contribution in [0.3, 0.4) is 0 Å². The first-order valence-electron chi connectivity index (χ1n) is 11.2. The van der Waals surface area contributed by atoms with E-state index in [1.807, 2.05) is 0 Å². The predicted molar refractivity (Wildman–Crippen MR) is 145 cm³/mol. The molecule has 228 valence electrons. The number of phenolic OH excluding ortho intramolecular Hbond substituents is 4. The Kier molecular flexibility index (Phi) is 7.85. The van der Waals surface area contributed by atoms with Gasteiger partial charge in [0.2, 0.25) is 0 Å². The van der Waals surface area contributed by atoms with Crippen LogP contribution in [-0.2, 0) is 20.2 Å². The Labute approximate surface area is 243 Å². The molecule has 0 saturated heterocycles. The summed E-state index contributed by atoms with van der Waals surface area (Å²) >= 11 is 0. The number of fused-ring (bicyclic) bond motifs is 1.